The zero-order chi connectivity index (χ0) is 21.7. The molecule has 1 fully saturated rings. The Balaban J connectivity index is 1.51. The van der Waals surface area contributed by atoms with E-state index in [0.717, 1.165) is 11.1 Å². The number of anilines is 1. The van der Waals surface area contributed by atoms with Crippen LogP contribution in [0.1, 0.15) is 11.1 Å². The van der Waals surface area contributed by atoms with E-state index in [1.807, 2.05) is 0 Å². The van der Waals surface area contributed by atoms with Crippen LogP contribution in [0.5, 0.6) is 5.75 Å². The zero-order valence-corrected chi connectivity index (χ0v) is 16.1. The third-order valence-electron chi connectivity index (χ3n) is 4.75. The van der Waals surface area contributed by atoms with Gasteiger partial charge in [-0.05, 0) is 35.4 Å². The molecule has 0 radical (unpaired) electrons. The van der Waals surface area contributed by atoms with Crippen molar-refractivity contribution in [2.45, 2.75) is 43.7 Å². The van der Waals surface area contributed by atoms with Crippen LogP contribution >= 0.6 is 0 Å². The summed E-state index contributed by atoms with van der Waals surface area (Å²) in [6.07, 6.45) is -6.62. The van der Waals surface area contributed by atoms with Gasteiger partial charge in [0.05, 0.1) is 13.0 Å². The molecule has 9 nitrogen and oxygen atoms in total. The summed E-state index contributed by atoms with van der Waals surface area (Å²) < 4.78 is 16.1. The number of hydrogen-bond acceptors (Lipinski definition) is 9. The summed E-state index contributed by atoms with van der Waals surface area (Å²) in [7, 11) is 0. The topological polar surface area (TPSA) is 152 Å². The molecule has 0 saturated carbocycles. The predicted molar refractivity (Wildman–Crippen MR) is 105 cm³/mol. The highest BCUT2D eigenvalue weighted by Crippen LogP contribution is 2.24. The van der Waals surface area contributed by atoms with Gasteiger partial charge in [0.15, 0.2) is 0 Å². The molecule has 6 N–H and O–H groups in total. The van der Waals surface area contributed by atoms with Crippen molar-refractivity contribution in [1.29, 1.82) is 0 Å². The number of esters is 1. The monoisotopic (exact) mass is 419 g/mol. The van der Waals surface area contributed by atoms with Crippen molar-refractivity contribution in [1.82, 2.24) is 0 Å². The number of carbonyl (C=O) groups is 1. The molecule has 3 rings (SSSR count). The maximum atomic E-state index is 12.0. The van der Waals surface area contributed by atoms with Gasteiger partial charge in [-0.2, -0.15) is 0 Å². The minimum atomic E-state index is -1.51. The largest absolute Gasteiger partial charge is 0.462 e. The SMILES string of the molecule is Nc1ccc(CC(=O)OCc2ccc(O[C@@H]3OC(CO)[C@H](O)C(O)[C@@H]3O)cc2)cc1. The molecule has 0 bridgehead atoms. The lowest BCUT2D eigenvalue weighted by Gasteiger charge is -2.39. The molecule has 1 aliphatic rings. The van der Waals surface area contributed by atoms with Crippen LogP contribution in [-0.2, 0) is 27.3 Å². The van der Waals surface area contributed by atoms with E-state index in [1.165, 1.54) is 0 Å². The number of benzene rings is 2. The van der Waals surface area contributed by atoms with Crippen molar-refractivity contribution in [2.24, 2.45) is 0 Å². The average molecular weight is 419 g/mol. The first kappa shape index (κ1) is 22.0. The molecule has 0 aromatic heterocycles. The molecule has 9 heteroatoms. The first-order valence-corrected chi connectivity index (χ1v) is 9.43. The predicted octanol–water partition coefficient (Wildman–Crippen LogP) is -0.267. The lowest BCUT2D eigenvalue weighted by Crippen LogP contribution is -2.60. The average Bonchev–Trinajstić information content (AvgIpc) is 2.75. The molecule has 1 saturated heterocycles. The summed E-state index contributed by atoms with van der Waals surface area (Å²) in [6.45, 7) is -0.459. The molecule has 1 aliphatic heterocycles. The number of aliphatic hydroxyl groups excluding tert-OH is 4. The second-order valence-electron chi connectivity index (χ2n) is 7.04. The van der Waals surface area contributed by atoms with Gasteiger partial charge in [-0.1, -0.05) is 24.3 Å². The number of aliphatic hydroxyl groups is 4. The smallest absolute Gasteiger partial charge is 0.310 e. The Bertz CT molecular complexity index is 824. The van der Waals surface area contributed by atoms with Crippen molar-refractivity contribution in [2.75, 3.05) is 12.3 Å². The normalized spacial score (nSPS) is 26.2. The van der Waals surface area contributed by atoms with Gasteiger partial charge in [-0.3, -0.25) is 4.79 Å². The Morgan fingerprint density at radius 1 is 0.933 bits per heavy atom. The first-order chi connectivity index (χ1) is 14.4. The minimum absolute atomic E-state index is 0.0775. The van der Waals surface area contributed by atoms with Crippen LogP contribution in [0.3, 0.4) is 0 Å². The molecule has 5 atom stereocenters. The summed E-state index contributed by atoms with van der Waals surface area (Å²) >= 11 is 0. The number of carbonyl (C=O) groups excluding carboxylic acids is 1. The van der Waals surface area contributed by atoms with Crippen LogP contribution in [0.25, 0.3) is 0 Å². The van der Waals surface area contributed by atoms with E-state index in [4.69, 9.17) is 19.9 Å². The highest BCUT2D eigenvalue weighted by molar-refractivity contribution is 5.72. The molecule has 2 aromatic carbocycles. The third-order valence-corrected chi connectivity index (χ3v) is 4.75. The highest BCUT2D eigenvalue weighted by Gasteiger charge is 2.44. The quantitative estimate of drug-likeness (QED) is 0.302. The molecule has 0 amide bonds. The maximum Gasteiger partial charge on any atom is 0.310 e. The maximum absolute atomic E-state index is 12.0. The molecular weight excluding hydrogens is 394 g/mol. The second-order valence-corrected chi connectivity index (χ2v) is 7.04. The number of nitrogen functional groups attached to an aromatic ring is 1. The Labute approximate surface area is 173 Å². The Hall–Kier alpha value is -2.69. The van der Waals surface area contributed by atoms with Crippen LogP contribution < -0.4 is 10.5 Å². The van der Waals surface area contributed by atoms with E-state index in [2.05, 4.69) is 0 Å². The van der Waals surface area contributed by atoms with E-state index in [-0.39, 0.29) is 19.0 Å². The highest BCUT2D eigenvalue weighted by atomic mass is 16.7. The molecule has 0 aliphatic carbocycles. The fourth-order valence-corrected chi connectivity index (χ4v) is 2.98. The van der Waals surface area contributed by atoms with Crippen LogP contribution in [-0.4, -0.2) is 63.7 Å². The molecular formula is C21H25NO8. The first-order valence-electron chi connectivity index (χ1n) is 9.43. The number of rotatable bonds is 7. The summed E-state index contributed by atoms with van der Waals surface area (Å²) in [4.78, 5) is 12.0. The summed E-state index contributed by atoms with van der Waals surface area (Å²) in [5.74, 6) is -0.0438. The Morgan fingerprint density at radius 2 is 1.57 bits per heavy atom. The van der Waals surface area contributed by atoms with Crippen LogP contribution in [0.4, 0.5) is 5.69 Å². The van der Waals surface area contributed by atoms with Gasteiger partial charge in [-0.15, -0.1) is 0 Å². The van der Waals surface area contributed by atoms with Crippen molar-refractivity contribution >= 4 is 11.7 Å². The number of ether oxygens (including phenoxy) is 3. The summed E-state index contributed by atoms with van der Waals surface area (Å²) in [5.41, 5.74) is 7.77. The van der Waals surface area contributed by atoms with E-state index < -0.39 is 37.3 Å². The minimum Gasteiger partial charge on any atom is -0.462 e. The number of nitrogens with two attached hydrogens (primary N) is 1. The molecule has 2 aromatic rings. The van der Waals surface area contributed by atoms with Gasteiger partial charge in [0.25, 0.3) is 0 Å². The molecule has 2 unspecified atom stereocenters. The van der Waals surface area contributed by atoms with Crippen molar-refractivity contribution in [3.8, 4) is 5.75 Å². The van der Waals surface area contributed by atoms with E-state index in [0.29, 0.717) is 11.4 Å². The van der Waals surface area contributed by atoms with Gasteiger partial charge in [0.1, 0.15) is 36.8 Å². The van der Waals surface area contributed by atoms with Gasteiger partial charge < -0.3 is 40.4 Å². The van der Waals surface area contributed by atoms with Crippen molar-refractivity contribution in [3.05, 3.63) is 59.7 Å². The zero-order valence-electron chi connectivity index (χ0n) is 16.1. The fraction of sp³-hybridized carbons (Fsp3) is 0.381. The molecule has 1 heterocycles. The molecule has 162 valence electrons. The third kappa shape index (κ3) is 5.47. The lowest BCUT2D eigenvalue weighted by molar-refractivity contribution is -0.277. The standard InChI is InChI=1S/C21H25NO8/c22-14-5-1-12(2-6-14)9-17(24)28-11-13-3-7-15(8-4-13)29-21-20(27)19(26)18(25)16(10-23)30-21/h1-8,16,18-21,23,25-27H,9-11,22H2/t16?,18-,19?,20-,21+/m0/s1. The van der Waals surface area contributed by atoms with Gasteiger partial charge in [-0.25, -0.2) is 0 Å². The van der Waals surface area contributed by atoms with Gasteiger partial charge in [0.2, 0.25) is 6.29 Å². The second kappa shape index (κ2) is 9.88. The van der Waals surface area contributed by atoms with E-state index >= 15 is 0 Å². The van der Waals surface area contributed by atoms with Gasteiger partial charge in [0, 0.05) is 5.69 Å². The van der Waals surface area contributed by atoms with Crippen molar-refractivity contribution in [3.63, 3.8) is 0 Å². The Morgan fingerprint density at radius 3 is 2.20 bits per heavy atom. The molecule has 30 heavy (non-hydrogen) atoms. The van der Waals surface area contributed by atoms with Crippen LogP contribution in [0, 0.1) is 0 Å². The van der Waals surface area contributed by atoms with E-state index in [1.54, 1.807) is 48.5 Å². The fourth-order valence-electron chi connectivity index (χ4n) is 2.98. The molecule has 0 spiro atoms. The van der Waals surface area contributed by atoms with Crippen LogP contribution in [0.15, 0.2) is 48.5 Å². The van der Waals surface area contributed by atoms with E-state index in [9.17, 15) is 25.2 Å². The van der Waals surface area contributed by atoms with Crippen LogP contribution in [0.2, 0.25) is 0 Å². The van der Waals surface area contributed by atoms with Gasteiger partial charge >= 0.3 is 5.97 Å². The number of hydrogen-bond donors (Lipinski definition) is 5. The van der Waals surface area contributed by atoms with Crippen molar-refractivity contribution < 1.29 is 39.4 Å². The lowest BCUT2D eigenvalue weighted by atomic mass is 9.99. The Kier molecular flexibility index (Phi) is 7.24. The summed E-state index contributed by atoms with van der Waals surface area (Å²) in [6, 6.07) is 13.5. The summed E-state index contributed by atoms with van der Waals surface area (Å²) in [5, 5.41) is 38.8.